The van der Waals surface area contributed by atoms with Crippen LogP contribution in [0, 0.1) is 0 Å². The molecule has 0 aliphatic carbocycles. The van der Waals surface area contributed by atoms with Gasteiger partial charge in [0.05, 0.1) is 6.54 Å². The molecule has 1 N–H and O–H groups in total. The van der Waals surface area contributed by atoms with E-state index in [1.807, 2.05) is 12.1 Å². The number of hydrogen-bond acceptors (Lipinski definition) is 3. The molecule has 116 valence electrons. The molecule has 2 aromatic carbocycles. The number of benzene rings is 2. The SMILES string of the molecule is O=C(Nc1ccccc1CN1C(=O)CCC1=O)c1ccccc1. The smallest absolute Gasteiger partial charge is 0.255 e. The Kier molecular flexibility index (Phi) is 4.19. The molecule has 0 atom stereocenters. The quantitative estimate of drug-likeness (QED) is 0.883. The predicted molar refractivity (Wildman–Crippen MR) is 85.6 cm³/mol. The van der Waals surface area contributed by atoms with Crippen molar-refractivity contribution >= 4 is 23.4 Å². The van der Waals surface area contributed by atoms with Crippen LogP contribution < -0.4 is 5.32 Å². The maximum atomic E-state index is 12.3. The summed E-state index contributed by atoms with van der Waals surface area (Å²) in [4.78, 5) is 37.0. The summed E-state index contributed by atoms with van der Waals surface area (Å²) in [6.07, 6.45) is 0.523. The zero-order chi connectivity index (χ0) is 16.2. The molecule has 1 saturated heterocycles. The average Bonchev–Trinajstić information content (AvgIpc) is 2.89. The standard InChI is InChI=1S/C18H16N2O3/c21-16-10-11-17(22)20(16)12-14-8-4-5-9-15(14)19-18(23)13-6-2-1-3-7-13/h1-9H,10-12H2,(H,19,23). The number of carbonyl (C=O) groups is 3. The Morgan fingerprint density at radius 1 is 0.913 bits per heavy atom. The number of amides is 3. The molecule has 0 aromatic heterocycles. The van der Waals surface area contributed by atoms with Crippen LogP contribution in [0.3, 0.4) is 0 Å². The van der Waals surface area contributed by atoms with E-state index in [2.05, 4.69) is 5.32 Å². The second-order valence-corrected chi connectivity index (χ2v) is 5.35. The first-order valence-electron chi connectivity index (χ1n) is 7.42. The van der Waals surface area contributed by atoms with Crippen molar-refractivity contribution in [3.05, 3.63) is 65.7 Å². The summed E-state index contributed by atoms with van der Waals surface area (Å²) in [6, 6.07) is 16.1. The van der Waals surface area contributed by atoms with Gasteiger partial charge in [0.25, 0.3) is 5.91 Å². The average molecular weight is 308 g/mol. The molecule has 0 unspecified atom stereocenters. The van der Waals surface area contributed by atoms with Gasteiger partial charge in [0.15, 0.2) is 0 Å². The molecule has 5 heteroatoms. The van der Waals surface area contributed by atoms with Crippen LogP contribution in [0.15, 0.2) is 54.6 Å². The minimum Gasteiger partial charge on any atom is -0.322 e. The van der Waals surface area contributed by atoms with E-state index in [9.17, 15) is 14.4 Å². The Balaban J connectivity index is 1.80. The summed E-state index contributed by atoms with van der Waals surface area (Å²) in [6.45, 7) is 0.183. The first kappa shape index (κ1) is 15.0. The third-order valence-electron chi connectivity index (χ3n) is 3.78. The van der Waals surface area contributed by atoms with Crippen LogP contribution in [0.25, 0.3) is 0 Å². The van der Waals surface area contributed by atoms with E-state index < -0.39 is 0 Å². The van der Waals surface area contributed by atoms with Crippen LogP contribution in [-0.2, 0) is 16.1 Å². The number of nitrogens with one attached hydrogen (secondary N) is 1. The molecule has 0 radical (unpaired) electrons. The van der Waals surface area contributed by atoms with Crippen LogP contribution in [0.5, 0.6) is 0 Å². The summed E-state index contributed by atoms with van der Waals surface area (Å²) >= 11 is 0. The Morgan fingerprint density at radius 2 is 1.52 bits per heavy atom. The Bertz CT molecular complexity index is 740. The second kappa shape index (κ2) is 6.44. The normalized spacial score (nSPS) is 14.2. The summed E-state index contributed by atoms with van der Waals surface area (Å²) in [5.74, 6) is -0.560. The highest BCUT2D eigenvalue weighted by Gasteiger charge is 2.29. The summed E-state index contributed by atoms with van der Waals surface area (Å²) in [7, 11) is 0. The third-order valence-corrected chi connectivity index (χ3v) is 3.78. The van der Waals surface area contributed by atoms with E-state index in [0.717, 1.165) is 5.56 Å². The minimum atomic E-state index is -0.225. The second-order valence-electron chi connectivity index (χ2n) is 5.35. The van der Waals surface area contributed by atoms with Crippen molar-refractivity contribution in [2.24, 2.45) is 0 Å². The highest BCUT2D eigenvalue weighted by atomic mass is 16.2. The van der Waals surface area contributed by atoms with Crippen LogP contribution in [0.4, 0.5) is 5.69 Å². The minimum absolute atomic E-state index is 0.167. The van der Waals surface area contributed by atoms with Crippen molar-refractivity contribution in [1.29, 1.82) is 0 Å². The highest BCUT2D eigenvalue weighted by Crippen LogP contribution is 2.22. The molecule has 0 bridgehead atoms. The fourth-order valence-corrected chi connectivity index (χ4v) is 2.53. The van der Waals surface area contributed by atoms with Crippen molar-refractivity contribution in [3.8, 4) is 0 Å². The summed E-state index contributed by atoms with van der Waals surface area (Å²) < 4.78 is 0. The fourth-order valence-electron chi connectivity index (χ4n) is 2.53. The molecule has 1 heterocycles. The van der Waals surface area contributed by atoms with Gasteiger partial charge in [-0.25, -0.2) is 0 Å². The van der Waals surface area contributed by atoms with Gasteiger partial charge in [0.2, 0.25) is 11.8 Å². The lowest BCUT2D eigenvalue weighted by atomic mass is 10.1. The van der Waals surface area contributed by atoms with Crippen LogP contribution in [0.2, 0.25) is 0 Å². The van der Waals surface area contributed by atoms with Gasteiger partial charge in [-0.1, -0.05) is 36.4 Å². The molecule has 0 spiro atoms. The Labute approximate surface area is 133 Å². The van der Waals surface area contributed by atoms with Crippen molar-refractivity contribution in [3.63, 3.8) is 0 Å². The summed E-state index contributed by atoms with van der Waals surface area (Å²) in [5.41, 5.74) is 1.89. The Morgan fingerprint density at radius 3 is 2.22 bits per heavy atom. The Hall–Kier alpha value is -2.95. The van der Waals surface area contributed by atoms with E-state index in [0.29, 0.717) is 11.3 Å². The van der Waals surface area contributed by atoms with Crippen molar-refractivity contribution in [1.82, 2.24) is 4.90 Å². The molecular weight excluding hydrogens is 292 g/mol. The van der Waals surface area contributed by atoms with Crippen molar-refractivity contribution in [2.75, 3.05) is 5.32 Å². The molecule has 3 amide bonds. The van der Waals surface area contributed by atoms with Crippen LogP contribution in [-0.4, -0.2) is 22.6 Å². The van der Waals surface area contributed by atoms with Crippen molar-refractivity contribution < 1.29 is 14.4 Å². The maximum Gasteiger partial charge on any atom is 0.255 e. The number of hydrogen-bond donors (Lipinski definition) is 1. The van der Waals surface area contributed by atoms with Crippen molar-refractivity contribution in [2.45, 2.75) is 19.4 Å². The molecule has 1 aliphatic rings. The third kappa shape index (κ3) is 3.29. The molecule has 3 rings (SSSR count). The van der Waals surface area contributed by atoms with E-state index >= 15 is 0 Å². The van der Waals surface area contributed by atoms with Gasteiger partial charge < -0.3 is 5.32 Å². The van der Waals surface area contributed by atoms with Gasteiger partial charge in [-0.3, -0.25) is 19.3 Å². The molecular formula is C18H16N2O3. The lowest BCUT2D eigenvalue weighted by Crippen LogP contribution is -2.29. The van der Waals surface area contributed by atoms with E-state index in [1.165, 1.54) is 4.90 Å². The lowest BCUT2D eigenvalue weighted by molar-refractivity contribution is -0.139. The predicted octanol–water partition coefficient (Wildman–Crippen LogP) is 2.59. The van der Waals surface area contributed by atoms with Gasteiger partial charge in [-0.05, 0) is 23.8 Å². The number of likely N-dealkylation sites (tertiary alicyclic amines) is 1. The largest absolute Gasteiger partial charge is 0.322 e. The number of anilines is 1. The highest BCUT2D eigenvalue weighted by molar-refractivity contribution is 6.05. The molecule has 5 nitrogen and oxygen atoms in total. The van der Waals surface area contributed by atoms with Gasteiger partial charge in [-0.15, -0.1) is 0 Å². The van der Waals surface area contributed by atoms with Gasteiger partial charge in [-0.2, -0.15) is 0 Å². The number of imide groups is 1. The molecule has 1 aliphatic heterocycles. The summed E-state index contributed by atoms with van der Waals surface area (Å²) in [5, 5.41) is 2.84. The van der Waals surface area contributed by atoms with Gasteiger partial charge >= 0.3 is 0 Å². The van der Waals surface area contributed by atoms with Crippen LogP contribution >= 0.6 is 0 Å². The maximum absolute atomic E-state index is 12.3. The van der Waals surface area contributed by atoms with Gasteiger partial charge in [0, 0.05) is 24.1 Å². The molecule has 0 saturated carbocycles. The van der Waals surface area contributed by atoms with Gasteiger partial charge in [0.1, 0.15) is 0 Å². The first-order chi connectivity index (χ1) is 11.1. The lowest BCUT2D eigenvalue weighted by Gasteiger charge is -2.17. The number of rotatable bonds is 4. The molecule has 1 fully saturated rings. The van der Waals surface area contributed by atoms with E-state index in [4.69, 9.17) is 0 Å². The molecule has 2 aromatic rings. The zero-order valence-electron chi connectivity index (χ0n) is 12.5. The van der Waals surface area contributed by atoms with Crippen LogP contribution in [0.1, 0.15) is 28.8 Å². The van der Waals surface area contributed by atoms with E-state index in [-0.39, 0.29) is 37.1 Å². The number of carbonyl (C=O) groups excluding carboxylic acids is 3. The fraction of sp³-hybridized carbons (Fsp3) is 0.167. The first-order valence-corrected chi connectivity index (χ1v) is 7.42. The number of para-hydroxylation sites is 1. The zero-order valence-corrected chi connectivity index (χ0v) is 12.5. The van der Waals surface area contributed by atoms with E-state index in [1.54, 1.807) is 42.5 Å². The molecule has 23 heavy (non-hydrogen) atoms. The number of nitrogens with zero attached hydrogens (tertiary/aromatic N) is 1. The monoisotopic (exact) mass is 308 g/mol. The topological polar surface area (TPSA) is 66.5 Å².